The molecule has 0 aliphatic heterocycles. The maximum atomic E-state index is 13.4. The molecule has 0 bridgehead atoms. The molecule has 2 rings (SSSR count). The van der Waals surface area contributed by atoms with Crippen LogP contribution in [0.25, 0.3) is 10.9 Å². The molecule has 0 radical (unpaired) electrons. The first-order valence-corrected chi connectivity index (χ1v) is 5.94. The topological polar surface area (TPSA) is 12.9 Å². The standard InChI is InChI=1S/C14H15ClFN/c1-8-5-9-6-10(14(2,3)4)13(15)17-12(9)7-11(8)16/h5-7H,1-4H3. The maximum absolute atomic E-state index is 13.4. The number of benzene rings is 1. The first-order chi connectivity index (χ1) is 7.79. The third kappa shape index (κ3) is 2.27. The SMILES string of the molecule is Cc1cc2cc(C(C)(C)C)c(Cl)nc2cc1F. The Balaban J connectivity index is 2.76. The van der Waals surface area contributed by atoms with E-state index in [1.54, 1.807) is 6.92 Å². The van der Waals surface area contributed by atoms with E-state index in [4.69, 9.17) is 11.6 Å². The molecule has 0 aliphatic carbocycles. The molecule has 1 aromatic carbocycles. The van der Waals surface area contributed by atoms with Gasteiger partial charge in [0.2, 0.25) is 0 Å². The lowest BCUT2D eigenvalue weighted by atomic mass is 9.87. The van der Waals surface area contributed by atoms with Gasteiger partial charge in [-0.3, -0.25) is 0 Å². The van der Waals surface area contributed by atoms with E-state index in [1.165, 1.54) is 6.07 Å². The van der Waals surface area contributed by atoms with Gasteiger partial charge in [-0.15, -0.1) is 0 Å². The van der Waals surface area contributed by atoms with Crippen molar-refractivity contribution >= 4 is 22.5 Å². The Bertz CT molecular complexity index is 585. The Morgan fingerprint density at radius 3 is 2.41 bits per heavy atom. The summed E-state index contributed by atoms with van der Waals surface area (Å²) in [6.07, 6.45) is 0. The minimum absolute atomic E-state index is 0.0689. The molecular weight excluding hydrogens is 237 g/mol. The quantitative estimate of drug-likeness (QED) is 0.622. The third-order valence-corrected chi connectivity index (χ3v) is 3.14. The lowest BCUT2D eigenvalue weighted by molar-refractivity contribution is 0.589. The number of nitrogens with zero attached hydrogens (tertiary/aromatic N) is 1. The van der Waals surface area contributed by atoms with Gasteiger partial charge in [-0.25, -0.2) is 9.37 Å². The van der Waals surface area contributed by atoms with Crippen molar-refractivity contribution < 1.29 is 4.39 Å². The molecule has 0 N–H and O–H groups in total. The fraction of sp³-hybridized carbons (Fsp3) is 0.357. The molecule has 0 amide bonds. The Morgan fingerprint density at radius 1 is 1.18 bits per heavy atom. The van der Waals surface area contributed by atoms with Crippen LogP contribution in [0.15, 0.2) is 18.2 Å². The van der Waals surface area contributed by atoms with Gasteiger partial charge in [-0.1, -0.05) is 32.4 Å². The first kappa shape index (κ1) is 12.3. The molecule has 3 heteroatoms. The van der Waals surface area contributed by atoms with Crippen LogP contribution in [0.1, 0.15) is 31.9 Å². The van der Waals surface area contributed by atoms with Crippen LogP contribution in [0.5, 0.6) is 0 Å². The second-order valence-electron chi connectivity index (χ2n) is 5.37. The van der Waals surface area contributed by atoms with Crippen molar-refractivity contribution in [3.63, 3.8) is 0 Å². The Labute approximate surface area is 106 Å². The second kappa shape index (κ2) is 3.95. The summed E-state index contributed by atoms with van der Waals surface area (Å²) in [6.45, 7) is 7.99. The van der Waals surface area contributed by atoms with Crippen LogP contribution in [-0.4, -0.2) is 4.98 Å². The Hall–Kier alpha value is -1.15. The molecule has 90 valence electrons. The van der Waals surface area contributed by atoms with Crippen molar-refractivity contribution in [1.29, 1.82) is 0 Å². The van der Waals surface area contributed by atoms with Gasteiger partial charge >= 0.3 is 0 Å². The summed E-state index contributed by atoms with van der Waals surface area (Å²) in [5.41, 5.74) is 2.14. The number of aromatic nitrogens is 1. The summed E-state index contributed by atoms with van der Waals surface area (Å²) in [7, 11) is 0. The fourth-order valence-electron chi connectivity index (χ4n) is 1.81. The summed E-state index contributed by atoms with van der Waals surface area (Å²) in [4.78, 5) is 4.27. The number of halogens is 2. The molecule has 0 saturated carbocycles. The van der Waals surface area contributed by atoms with E-state index in [0.717, 1.165) is 10.9 Å². The zero-order valence-corrected chi connectivity index (χ0v) is 11.2. The Kier molecular flexibility index (Phi) is 2.86. The van der Waals surface area contributed by atoms with E-state index in [0.29, 0.717) is 16.2 Å². The monoisotopic (exact) mass is 251 g/mol. The van der Waals surface area contributed by atoms with Gasteiger partial charge < -0.3 is 0 Å². The minimum Gasteiger partial charge on any atom is -0.236 e. The normalized spacial score (nSPS) is 12.1. The number of fused-ring (bicyclic) bond motifs is 1. The van der Waals surface area contributed by atoms with Crippen molar-refractivity contribution in [3.8, 4) is 0 Å². The highest BCUT2D eigenvalue weighted by Gasteiger charge is 2.19. The van der Waals surface area contributed by atoms with Gasteiger partial charge in [0, 0.05) is 11.5 Å². The highest BCUT2D eigenvalue weighted by atomic mass is 35.5. The van der Waals surface area contributed by atoms with E-state index >= 15 is 0 Å². The van der Waals surface area contributed by atoms with E-state index in [2.05, 4.69) is 25.8 Å². The van der Waals surface area contributed by atoms with Gasteiger partial charge in [-0.2, -0.15) is 0 Å². The van der Waals surface area contributed by atoms with Gasteiger partial charge in [0.25, 0.3) is 0 Å². The van der Waals surface area contributed by atoms with Crippen molar-refractivity contribution in [1.82, 2.24) is 4.98 Å². The van der Waals surface area contributed by atoms with Crippen LogP contribution in [0, 0.1) is 12.7 Å². The summed E-state index contributed by atoms with van der Waals surface area (Å²) in [6, 6.07) is 5.24. The number of hydrogen-bond donors (Lipinski definition) is 0. The Morgan fingerprint density at radius 2 is 1.82 bits per heavy atom. The summed E-state index contributed by atoms with van der Waals surface area (Å²) in [5.74, 6) is -0.246. The summed E-state index contributed by atoms with van der Waals surface area (Å²) in [5, 5.41) is 1.38. The van der Waals surface area contributed by atoms with Crippen molar-refractivity contribution in [2.24, 2.45) is 0 Å². The summed E-state index contributed by atoms with van der Waals surface area (Å²) >= 11 is 6.15. The number of pyridine rings is 1. The van der Waals surface area contributed by atoms with Crippen molar-refractivity contribution in [3.05, 3.63) is 40.3 Å². The first-order valence-electron chi connectivity index (χ1n) is 5.56. The van der Waals surface area contributed by atoms with Crippen LogP contribution in [0.2, 0.25) is 5.15 Å². The molecule has 1 aromatic heterocycles. The highest BCUT2D eigenvalue weighted by Crippen LogP contribution is 2.31. The minimum atomic E-state index is -0.246. The predicted octanol–water partition coefficient (Wildman–Crippen LogP) is 4.63. The van der Waals surface area contributed by atoms with Crippen LogP contribution in [0.3, 0.4) is 0 Å². The number of hydrogen-bond acceptors (Lipinski definition) is 1. The molecule has 17 heavy (non-hydrogen) atoms. The average Bonchev–Trinajstić information content (AvgIpc) is 2.18. The van der Waals surface area contributed by atoms with Crippen LogP contribution in [0.4, 0.5) is 4.39 Å². The van der Waals surface area contributed by atoms with E-state index in [9.17, 15) is 4.39 Å². The molecule has 0 aliphatic rings. The van der Waals surface area contributed by atoms with Gasteiger partial charge in [0.1, 0.15) is 11.0 Å². The largest absolute Gasteiger partial charge is 0.236 e. The average molecular weight is 252 g/mol. The van der Waals surface area contributed by atoms with Gasteiger partial charge in [-0.05, 0) is 35.6 Å². The molecule has 0 unspecified atom stereocenters. The van der Waals surface area contributed by atoms with E-state index < -0.39 is 0 Å². The molecule has 0 atom stereocenters. The van der Waals surface area contributed by atoms with E-state index in [-0.39, 0.29) is 11.2 Å². The molecule has 0 spiro atoms. The molecule has 1 heterocycles. The predicted molar refractivity (Wildman–Crippen MR) is 70.1 cm³/mol. The zero-order chi connectivity index (χ0) is 12.8. The van der Waals surface area contributed by atoms with Crippen LogP contribution in [-0.2, 0) is 5.41 Å². The molecule has 0 fully saturated rings. The van der Waals surface area contributed by atoms with Crippen LogP contribution < -0.4 is 0 Å². The summed E-state index contributed by atoms with van der Waals surface area (Å²) < 4.78 is 13.4. The van der Waals surface area contributed by atoms with Crippen molar-refractivity contribution in [2.45, 2.75) is 33.1 Å². The molecular formula is C14H15ClFN. The third-order valence-electron chi connectivity index (χ3n) is 2.86. The van der Waals surface area contributed by atoms with Gasteiger partial charge in [0.05, 0.1) is 5.52 Å². The lowest BCUT2D eigenvalue weighted by Gasteiger charge is -2.20. The highest BCUT2D eigenvalue weighted by molar-refractivity contribution is 6.30. The fourth-order valence-corrected chi connectivity index (χ4v) is 2.24. The smallest absolute Gasteiger partial charge is 0.133 e. The molecule has 1 nitrogen and oxygen atoms in total. The number of aryl methyl sites for hydroxylation is 1. The maximum Gasteiger partial charge on any atom is 0.133 e. The van der Waals surface area contributed by atoms with Crippen LogP contribution >= 0.6 is 11.6 Å². The second-order valence-corrected chi connectivity index (χ2v) is 5.73. The zero-order valence-electron chi connectivity index (χ0n) is 10.4. The number of rotatable bonds is 0. The molecule has 0 saturated heterocycles. The molecule has 2 aromatic rings. The lowest BCUT2D eigenvalue weighted by Crippen LogP contribution is -2.12. The van der Waals surface area contributed by atoms with Crippen molar-refractivity contribution in [2.75, 3.05) is 0 Å². The van der Waals surface area contributed by atoms with E-state index in [1.807, 2.05) is 12.1 Å². The van der Waals surface area contributed by atoms with Gasteiger partial charge in [0.15, 0.2) is 0 Å².